The number of halogens is 1. The van der Waals surface area contributed by atoms with E-state index in [0.717, 1.165) is 5.56 Å². The normalized spacial score (nSPS) is 14.4. The van der Waals surface area contributed by atoms with Crippen LogP contribution in [-0.4, -0.2) is 52.3 Å². The van der Waals surface area contributed by atoms with Crippen molar-refractivity contribution >= 4 is 38.9 Å². The summed E-state index contributed by atoms with van der Waals surface area (Å²) < 4.78 is 27.1. The van der Waals surface area contributed by atoms with E-state index in [-0.39, 0.29) is 39.1 Å². The van der Waals surface area contributed by atoms with Crippen LogP contribution in [0.15, 0.2) is 76.5 Å². The van der Waals surface area contributed by atoms with Crippen LogP contribution in [0, 0.1) is 0 Å². The van der Waals surface area contributed by atoms with Gasteiger partial charge in [-0.25, -0.2) is 8.42 Å². The van der Waals surface area contributed by atoms with Crippen molar-refractivity contribution < 1.29 is 18.0 Å². The van der Waals surface area contributed by atoms with Crippen molar-refractivity contribution in [1.29, 1.82) is 0 Å². The van der Waals surface area contributed by atoms with Gasteiger partial charge in [-0.05, 0) is 62.1 Å². The summed E-state index contributed by atoms with van der Waals surface area (Å²) in [7, 11) is -0.203. The van der Waals surface area contributed by atoms with E-state index in [1.165, 1.54) is 35.2 Å². The van der Waals surface area contributed by atoms with Gasteiger partial charge in [0, 0.05) is 23.7 Å². The zero-order valence-electron chi connectivity index (χ0n) is 18.8. The maximum atomic E-state index is 13.6. The Morgan fingerprint density at radius 2 is 1.76 bits per heavy atom. The number of nitrogens with one attached hydrogen (secondary N) is 1. The Balaban J connectivity index is 1.84. The van der Waals surface area contributed by atoms with Crippen molar-refractivity contribution in [1.82, 2.24) is 10.2 Å². The summed E-state index contributed by atoms with van der Waals surface area (Å²) in [4.78, 5) is 29.6. The summed E-state index contributed by atoms with van der Waals surface area (Å²) in [6.07, 6.45) is 0. The van der Waals surface area contributed by atoms with E-state index in [0.29, 0.717) is 18.1 Å². The summed E-state index contributed by atoms with van der Waals surface area (Å²) in [5.74, 6) is -0.818. The fraction of sp³-hybridized carbons (Fsp3) is 0.200. The molecular weight excluding hydrogens is 474 g/mol. The zero-order chi connectivity index (χ0) is 24.5. The highest BCUT2D eigenvalue weighted by atomic mass is 35.5. The minimum Gasteiger partial charge on any atom is -0.351 e. The molecule has 1 aliphatic rings. The first-order valence-electron chi connectivity index (χ1n) is 10.7. The Hall–Kier alpha value is -3.20. The van der Waals surface area contributed by atoms with Gasteiger partial charge in [-0.15, -0.1) is 0 Å². The molecule has 0 aromatic heterocycles. The van der Waals surface area contributed by atoms with Gasteiger partial charge in [-0.2, -0.15) is 0 Å². The number of amides is 2. The molecule has 0 unspecified atom stereocenters. The summed E-state index contributed by atoms with van der Waals surface area (Å²) in [6.45, 7) is 1.17. The van der Waals surface area contributed by atoms with E-state index in [9.17, 15) is 18.0 Å². The maximum absolute atomic E-state index is 13.6. The quantitative estimate of drug-likeness (QED) is 0.562. The molecule has 0 aliphatic carbocycles. The lowest BCUT2D eigenvalue weighted by Gasteiger charge is -2.23. The third-order valence-electron chi connectivity index (χ3n) is 5.53. The molecule has 0 fully saturated rings. The van der Waals surface area contributed by atoms with E-state index in [1.54, 1.807) is 30.3 Å². The van der Waals surface area contributed by atoms with Crippen LogP contribution in [-0.2, 0) is 16.4 Å². The second-order valence-corrected chi connectivity index (χ2v) is 10.6. The first-order chi connectivity index (χ1) is 16.2. The summed E-state index contributed by atoms with van der Waals surface area (Å²) in [5, 5.41) is 3.32. The minimum atomic E-state index is -4.00. The van der Waals surface area contributed by atoms with Gasteiger partial charge in [0.1, 0.15) is 0 Å². The maximum Gasteiger partial charge on any atom is 0.259 e. The molecule has 0 radical (unpaired) electrons. The third-order valence-corrected chi connectivity index (χ3v) is 7.62. The molecule has 1 aliphatic heterocycles. The Morgan fingerprint density at radius 3 is 2.50 bits per heavy atom. The second-order valence-electron chi connectivity index (χ2n) is 8.26. The standard InChI is InChI=1S/C25H24ClN3O4S/c1-28(2)13-12-27-24(30)18-10-11-23-21(15-18)29(16-17-6-5-7-19(26)14-17)25(31)20-8-3-4-9-22(20)34(23,32)33/h3-11,14-15H,12-13,16H2,1-2H3,(H,27,30). The summed E-state index contributed by atoms with van der Waals surface area (Å²) >= 11 is 6.14. The molecule has 176 valence electrons. The van der Waals surface area contributed by atoms with Gasteiger partial charge in [0.15, 0.2) is 0 Å². The number of fused-ring (bicyclic) bond motifs is 2. The Labute approximate surface area is 203 Å². The highest BCUT2D eigenvalue weighted by Gasteiger charge is 2.36. The molecule has 0 bridgehead atoms. The molecule has 7 nitrogen and oxygen atoms in total. The highest BCUT2D eigenvalue weighted by molar-refractivity contribution is 7.91. The lowest BCUT2D eigenvalue weighted by atomic mass is 10.1. The van der Waals surface area contributed by atoms with Crippen LogP contribution in [0.4, 0.5) is 5.69 Å². The summed E-state index contributed by atoms with van der Waals surface area (Å²) in [6, 6.07) is 17.5. The van der Waals surface area contributed by atoms with Crippen LogP contribution in [0.3, 0.4) is 0 Å². The van der Waals surface area contributed by atoms with Crippen LogP contribution in [0.25, 0.3) is 0 Å². The Kier molecular flexibility index (Phi) is 6.74. The Morgan fingerprint density at radius 1 is 1.00 bits per heavy atom. The highest BCUT2D eigenvalue weighted by Crippen LogP contribution is 2.38. The fourth-order valence-electron chi connectivity index (χ4n) is 3.82. The largest absolute Gasteiger partial charge is 0.351 e. The van der Waals surface area contributed by atoms with E-state index < -0.39 is 15.7 Å². The number of rotatable bonds is 6. The van der Waals surface area contributed by atoms with Crippen molar-refractivity contribution in [3.8, 4) is 0 Å². The molecule has 34 heavy (non-hydrogen) atoms. The molecule has 3 aromatic rings. The number of hydrogen-bond acceptors (Lipinski definition) is 5. The molecule has 4 rings (SSSR count). The van der Waals surface area contributed by atoms with Gasteiger partial charge < -0.3 is 15.1 Å². The molecule has 0 saturated heterocycles. The van der Waals surface area contributed by atoms with Gasteiger partial charge in [0.25, 0.3) is 11.8 Å². The van der Waals surface area contributed by atoms with Crippen LogP contribution in [0.5, 0.6) is 0 Å². The Bertz CT molecular complexity index is 1370. The van der Waals surface area contributed by atoms with E-state index >= 15 is 0 Å². The average molecular weight is 498 g/mol. The van der Waals surface area contributed by atoms with E-state index in [4.69, 9.17) is 11.6 Å². The third kappa shape index (κ3) is 4.70. The smallest absolute Gasteiger partial charge is 0.259 e. The topological polar surface area (TPSA) is 86.8 Å². The molecule has 0 saturated carbocycles. The van der Waals surface area contributed by atoms with Crippen LogP contribution in [0.1, 0.15) is 26.3 Å². The predicted octanol–water partition coefficient (Wildman–Crippen LogP) is 3.62. The molecule has 1 heterocycles. The molecule has 1 N–H and O–H groups in total. The molecule has 0 atom stereocenters. The number of anilines is 1. The van der Waals surface area contributed by atoms with Crippen molar-refractivity contribution in [2.45, 2.75) is 16.3 Å². The number of likely N-dealkylation sites (N-methyl/N-ethyl adjacent to an activating group) is 1. The van der Waals surface area contributed by atoms with Gasteiger partial charge in [0.05, 0.1) is 27.6 Å². The zero-order valence-corrected chi connectivity index (χ0v) is 20.4. The fourth-order valence-corrected chi connectivity index (χ4v) is 5.66. The number of sulfone groups is 1. The molecule has 2 amide bonds. The van der Waals surface area contributed by atoms with Crippen LogP contribution >= 0.6 is 11.6 Å². The van der Waals surface area contributed by atoms with Crippen LogP contribution < -0.4 is 10.2 Å². The monoisotopic (exact) mass is 497 g/mol. The van der Waals surface area contributed by atoms with Gasteiger partial charge in [-0.1, -0.05) is 35.9 Å². The number of carbonyl (C=O) groups excluding carboxylic acids is 2. The molecule has 9 heteroatoms. The number of carbonyl (C=O) groups is 2. The SMILES string of the molecule is CN(C)CCNC(=O)c1ccc2c(c1)N(Cc1cccc(Cl)c1)C(=O)c1ccccc1S2(=O)=O. The lowest BCUT2D eigenvalue weighted by molar-refractivity contribution is 0.0947. The van der Waals surface area contributed by atoms with Crippen LogP contribution in [0.2, 0.25) is 5.02 Å². The number of hydrogen-bond donors (Lipinski definition) is 1. The van der Waals surface area contributed by atoms with E-state index in [1.807, 2.05) is 25.1 Å². The van der Waals surface area contributed by atoms with Gasteiger partial charge in [-0.3, -0.25) is 9.59 Å². The second kappa shape index (κ2) is 9.58. The van der Waals surface area contributed by atoms with Crippen molar-refractivity contribution in [2.24, 2.45) is 0 Å². The van der Waals surface area contributed by atoms with Gasteiger partial charge in [0.2, 0.25) is 9.84 Å². The number of nitrogens with zero attached hydrogens (tertiary/aromatic N) is 2. The van der Waals surface area contributed by atoms with Crippen molar-refractivity contribution in [3.63, 3.8) is 0 Å². The first kappa shape index (κ1) is 23.9. The predicted molar refractivity (Wildman–Crippen MR) is 131 cm³/mol. The number of benzene rings is 3. The summed E-state index contributed by atoms with van der Waals surface area (Å²) in [5.41, 5.74) is 1.23. The van der Waals surface area contributed by atoms with Crippen molar-refractivity contribution in [2.75, 3.05) is 32.1 Å². The molecular formula is C25H24ClN3O4S. The van der Waals surface area contributed by atoms with Crippen molar-refractivity contribution in [3.05, 3.63) is 88.4 Å². The molecule has 0 spiro atoms. The average Bonchev–Trinajstić information content (AvgIpc) is 2.87. The molecule has 3 aromatic carbocycles. The minimum absolute atomic E-state index is 0.0299. The first-order valence-corrected chi connectivity index (χ1v) is 12.5. The van der Waals surface area contributed by atoms with Gasteiger partial charge >= 0.3 is 0 Å². The van der Waals surface area contributed by atoms with E-state index in [2.05, 4.69) is 5.32 Å². The lowest BCUT2D eigenvalue weighted by Crippen LogP contribution is -2.32.